The third-order valence-corrected chi connectivity index (χ3v) is 4.47. The Kier molecular flexibility index (Phi) is 4.86. The maximum atomic E-state index is 12.4. The molecule has 2 N–H and O–H groups in total. The molecule has 0 aliphatic carbocycles. The van der Waals surface area contributed by atoms with Crippen molar-refractivity contribution < 1.29 is 19.4 Å². The molecule has 1 aliphatic rings. The van der Waals surface area contributed by atoms with E-state index in [4.69, 9.17) is 4.74 Å². The largest absolute Gasteiger partial charge is 0.481 e. The van der Waals surface area contributed by atoms with Gasteiger partial charge in [0.1, 0.15) is 5.41 Å². The van der Waals surface area contributed by atoms with E-state index in [2.05, 4.69) is 5.32 Å². The highest BCUT2D eigenvalue weighted by molar-refractivity contribution is 5.85. The van der Waals surface area contributed by atoms with Crippen molar-refractivity contribution in [1.29, 1.82) is 0 Å². The molecule has 1 aromatic carbocycles. The molecular weight excluding hydrogens is 282 g/mol. The van der Waals surface area contributed by atoms with E-state index in [0.29, 0.717) is 18.8 Å². The lowest BCUT2D eigenvalue weighted by atomic mass is 9.80. The van der Waals surface area contributed by atoms with Crippen molar-refractivity contribution in [3.8, 4) is 0 Å². The lowest BCUT2D eigenvalue weighted by Crippen LogP contribution is -2.50. The molecule has 0 saturated carbocycles. The second-order valence-corrected chi connectivity index (χ2v) is 6.40. The summed E-state index contributed by atoms with van der Waals surface area (Å²) >= 11 is 0. The van der Waals surface area contributed by atoms with Crippen LogP contribution in [0.2, 0.25) is 0 Å². The minimum Gasteiger partial charge on any atom is -0.481 e. The molecule has 5 heteroatoms. The smallest absolute Gasteiger partial charge is 0.315 e. The molecule has 1 fully saturated rings. The number of carboxylic acid groups (broad SMARTS) is 1. The van der Waals surface area contributed by atoms with Gasteiger partial charge in [-0.05, 0) is 32.3 Å². The average Bonchev–Trinajstić information content (AvgIpc) is 2.53. The van der Waals surface area contributed by atoms with Gasteiger partial charge in [-0.3, -0.25) is 9.59 Å². The summed E-state index contributed by atoms with van der Waals surface area (Å²) in [5.74, 6) is -1.10. The number of carbonyl (C=O) groups excluding carboxylic acids is 1. The van der Waals surface area contributed by atoms with Crippen LogP contribution >= 0.6 is 0 Å². The normalized spacial score (nSPS) is 24.3. The molecule has 0 bridgehead atoms. The van der Waals surface area contributed by atoms with Crippen LogP contribution in [0.5, 0.6) is 0 Å². The summed E-state index contributed by atoms with van der Waals surface area (Å²) < 4.78 is 5.39. The van der Waals surface area contributed by atoms with Crippen molar-refractivity contribution in [2.75, 3.05) is 19.8 Å². The van der Waals surface area contributed by atoms with Gasteiger partial charge < -0.3 is 15.2 Å². The van der Waals surface area contributed by atoms with Crippen LogP contribution in [0.4, 0.5) is 0 Å². The van der Waals surface area contributed by atoms with Gasteiger partial charge in [-0.25, -0.2) is 0 Å². The van der Waals surface area contributed by atoms with Gasteiger partial charge >= 0.3 is 5.97 Å². The Morgan fingerprint density at radius 1 is 1.36 bits per heavy atom. The molecule has 0 spiro atoms. The van der Waals surface area contributed by atoms with Crippen molar-refractivity contribution in [2.45, 2.75) is 32.1 Å². The summed E-state index contributed by atoms with van der Waals surface area (Å²) in [5, 5.41) is 12.4. The van der Waals surface area contributed by atoms with Crippen LogP contribution in [-0.4, -0.2) is 36.7 Å². The summed E-state index contributed by atoms with van der Waals surface area (Å²) in [6.45, 7) is 4.61. The number of rotatable bonds is 5. The second-order valence-electron chi connectivity index (χ2n) is 6.40. The van der Waals surface area contributed by atoms with E-state index in [1.807, 2.05) is 13.0 Å². The molecule has 2 unspecified atom stereocenters. The van der Waals surface area contributed by atoms with E-state index < -0.39 is 16.8 Å². The van der Waals surface area contributed by atoms with Crippen LogP contribution in [0.1, 0.15) is 32.3 Å². The predicted octanol–water partition coefficient (Wildman–Crippen LogP) is 1.96. The molecule has 1 heterocycles. The lowest BCUT2D eigenvalue weighted by molar-refractivity contribution is -0.144. The van der Waals surface area contributed by atoms with Crippen LogP contribution in [0, 0.1) is 5.41 Å². The number of nitrogens with one attached hydrogen (secondary N) is 1. The molecule has 2 rings (SSSR count). The van der Waals surface area contributed by atoms with E-state index >= 15 is 0 Å². The van der Waals surface area contributed by atoms with E-state index in [1.54, 1.807) is 31.2 Å². The van der Waals surface area contributed by atoms with Crippen LogP contribution in [0.15, 0.2) is 30.3 Å². The highest BCUT2D eigenvalue weighted by Crippen LogP contribution is 2.29. The molecule has 0 radical (unpaired) electrons. The van der Waals surface area contributed by atoms with Crippen LogP contribution in [-0.2, 0) is 19.7 Å². The first kappa shape index (κ1) is 16.5. The quantitative estimate of drug-likeness (QED) is 0.872. The second kappa shape index (κ2) is 6.48. The Labute approximate surface area is 130 Å². The third-order valence-electron chi connectivity index (χ3n) is 4.47. The monoisotopic (exact) mass is 305 g/mol. The van der Waals surface area contributed by atoms with Gasteiger partial charge in [0.2, 0.25) is 5.91 Å². The summed E-state index contributed by atoms with van der Waals surface area (Å²) in [6, 6.07) is 8.98. The van der Waals surface area contributed by atoms with Gasteiger partial charge in [-0.2, -0.15) is 0 Å². The molecule has 1 aliphatic heterocycles. The van der Waals surface area contributed by atoms with E-state index in [-0.39, 0.29) is 12.5 Å². The predicted molar refractivity (Wildman–Crippen MR) is 82.6 cm³/mol. The molecule has 1 aromatic rings. The van der Waals surface area contributed by atoms with Crippen molar-refractivity contribution in [1.82, 2.24) is 5.32 Å². The molecule has 1 amide bonds. The fourth-order valence-corrected chi connectivity index (χ4v) is 2.69. The maximum absolute atomic E-state index is 12.4. The highest BCUT2D eigenvalue weighted by Gasteiger charge is 2.39. The number of ether oxygens (including phenoxy) is 1. The summed E-state index contributed by atoms with van der Waals surface area (Å²) in [7, 11) is 0. The first-order valence-corrected chi connectivity index (χ1v) is 7.53. The van der Waals surface area contributed by atoms with Crippen LogP contribution < -0.4 is 5.32 Å². The minimum atomic E-state index is -1.15. The number of aliphatic carboxylic acids is 1. The Balaban J connectivity index is 2.09. The molecule has 0 aromatic heterocycles. The number of carboxylic acids is 1. The molecule has 22 heavy (non-hydrogen) atoms. The first-order chi connectivity index (χ1) is 10.4. The molecule has 120 valence electrons. The Hall–Kier alpha value is -1.88. The number of benzene rings is 1. The summed E-state index contributed by atoms with van der Waals surface area (Å²) in [6.07, 6.45) is 1.60. The third kappa shape index (κ3) is 3.30. The minimum absolute atomic E-state index is 0.0563. The van der Waals surface area contributed by atoms with Gasteiger partial charge in [0, 0.05) is 13.2 Å². The molecule has 5 nitrogen and oxygen atoms in total. The van der Waals surface area contributed by atoms with Gasteiger partial charge in [0.25, 0.3) is 0 Å². The summed E-state index contributed by atoms with van der Waals surface area (Å²) in [5.41, 5.74) is -1.05. The first-order valence-electron chi connectivity index (χ1n) is 7.53. The molecule has 2 atom stereocenters. The van der Waals surface area contributed by atoms with E-state index in [0.717, 1.165) is 12.8 Å². The molecule has 1 saturated heterocycles. The highest BCUT2D eigenvalue weighted by atomic mass is 16.5. The van der Waals surface area contributed by atoms with Crippen molar-refractivity contribution >= 4 is 11.9 Å². The van der Waals surface area contributed by atoms with Gasteiger partial charge in [0.15, 0.2) is 0 Å². The standard InChI is InChI=1S/C17H23NO4/c1-16(9-6-10-22-12-16)14(19)18-11-17(2,15(20)21)13-7-4-3-5-8-13/h3-5,7-8H,6,9-12H2,1-2H3,(H,18,19)(H,20,21). The Bertz CT molecular complexity index is 537. The van der Waals surface area contributed by atoms with Crippen molar-refractivity contribution in [3.05, 3.63) is 35.9 Å². The maximum Gasteiger partial charge on any atom is 0.315 e. The zero-order chi connectivity index (χ0) is 16.2. The van der Waals surface area contributed by atoms with Crippen molar-refractivity contribution in [2.24, 2.45) is 5.41 Å². The van der Waals surface area contributed by atoms with Crippen LogP contribution in [0.25, 0.3) is 0 Å². The fourth-order valence-electron chi connectivity index (χ4n) is 2.69. The Morgan fingerprint density at radius 2 is 2.05 bits per heavy atom. The number of hydrogen-bond acceptors (Lipinski definition) is 3. The average molecular weight is 305 g/mol. The van der Waals surface area contributed by atoms with E-state index in [9.17, 15) is 14.7 Å². The van der Waals surface area contributed by atoms with E-state index in [1.165, 1.54) is 0 Å². The SMILES string of the molecule is CC1(C(=O)NCC(C)(C(=O)O)c2ccccc2)CCCOC1. The van der Waals surface area contributed by atoms with Crippen molar-refractivity contribution in [3.63, 3.8) is 0 Å². The topological polar surface area (TPSA) is 75.6 Å². The summed E-state index contributed by atoms with van der Waals surface area (Å²) in [4.78, 5) is 24.2. The van der Waals surface area contributed by atoms with Gasteiger partial charge in [-0.1, -0.05) is 30.3 Å². The number of carbonyl (C=O) groups is 2. The van der Waals surface area contributed by atoms with Crippen LogP contribution in [0.3, 0.4) is 0 Å². The zero-order valence-electron chi connectivity index (χ0n) is 13.1. The fraction of sp³-hybridized carbons (Fsp3) is 0.529. The Morgan fingerprint density at radius 3 is 2.59 bits per heavy atom. The van der Waals surface area contributed by atoms with Gasteiger partial charge in [-0.15, -0.1) is 0 Å². The van der Waals surface area contributed by atoms with Gasteiger partial charge in [0.05, 0.1) is 12.0 Å². The number of amides is 1. The zero-order valence-corrected chi connectivity index (χ0v) is 13.1. The number of hydrogen-bond donors (Lipinski definition) is 2. The lowest BCUT2D eigenvalue weighted by Gasteiger charge is -2.33. The molecular formula is C17H23NO4.